The van der Waals surface area contributed by atoms with Crippen molar-refractivity contribution in [3.8, 4) is 0 Å². The highest BCUT2D eigenvalue weighted by molar-refractivity contribution is 5.81. The molecule has 0 amide bonds. The molecule has 0 aromatic heterocycles. The number of epoxide rings is 1. The molecule has 1 aliphatic heterocycles. The molecule has 4 atom stereocenters. The highest BCUT2D eigenvalue weighted by atomic mass is 16.6. The number of hydrogen-bond acceptors (Lipinski definition) is 5. The van der Waals surface area contributed by atoms with E-state index in [4.69, 9.17) is 4.74 Å². The maximum Gasteiger partial charge on any atom is 0.309 e. The van der Waals surface area contributed by atoms with E-state index >= 15 is 0 Å². The summed E-state index contributed by atoms with van der Waals surface area (Å²) in [5.74, 6) is -1.79. The zero-order valence-electron chi connectivity index (χ0n) is 10.1. The van der Waals surface area contributed by atoms with E-state index in [0.29, 0.717) is 6.42 Å². The molecule has 0 aromatic carbocycles. The first-order chi connectivity index (χ1) is 7.51. The van der Waals surface area contributed by atoms with Crippen molar-refractivity contribution in [1.82, 2.24) is 0 Å². The molecule has 1 fully saturated rings. The van der Waals surface area contributed by atoms with Crippen molar-refractivity contribution >= 4 is 11.9 Å². The van der Waals surface area contributed by atoms with Gasteiger partial charge in [0.15, 0.2) is 0 Å². The molecule has 16 heavy (non-hydrogen) atoms. The predicted octanol–water partition coefficient (Wildman–Crippen LogP) is 0.762. The Labute approximate surface area is 95.0 Å². The molecule has 0 aliphatic carbocycles. The first-order valence-corrected chi connectivity index (χ1v) is 5.32. The average Bonchev–Trinajstić information content (AvgIpc) is 2.99. The van der Waals surface area contributed by atoms with Crippen LogP contribution in [0.15, 0.2) is 0 Å². The smallest absolute Gasteiger partial charge is 0.309 e. The van der Waals surface area contributed by atoms with Crippen molar-refractivity contribution in [2.24, 2.45) is 11.8 Å². The number of methoxy groups -OCH3 is 2. The van der Waals surface area contributed by atoms with E-state index in [0.717, 1.165) is 0 Å². The number of esters is 2. The van der Waals surface area contributed by atoms with Gasteiger partial charge >= 0.3 is 11.9 Å². The third-order valence-corrected chi connectivity index (χ3v) is 3.00. The molecular weight excluding hydrogens is 212 g/mol. The van der Waals surface area contributed by atoms with Gasteiger partial charge in [0.1, 0.15) is 0 Å². The fraction of sp³-hybridized carbons (Fsp3) is 0.818. The van der Waals surface area contributed by atoms with Crippen LogP contribution in [0, 0.1) is 11.8 Å². The minimum absolute atomic E-state index is 0.0520. The first-order valence-electron chi connectivity index (χ1n) is 5.32. The quantitative estimate of drug-likeness (QED) is 0.515. The van der Waals surface area contributed by atoms with Crippen LogP contribution in [-0.2, 0) is 23.8 Å². The van der Waals surface area contributed by atoms with Crippen LogP contribution in [0.4, 0.5) is 0 Å². The average molecular weight is 230 g/mol. The lowest BCUT2D eigenvalue weighted by Crippen LogP contribution is -2.31. The van der Waals surface area contributed by atoms with Gasteiger partial charge in [0.25, 0.3) is 0 Å². The maximum atomic E-state index is 11.6. The third kappa shape index (κ3) is 2.95. The van der Waals surface area contributed by atoms with Crippen LogP contribution in [-0.4, -0.2) is 38.4 Å². The number of rotatable bonds is 5. The molecular formula is C11H18O5. The van der Waals surface area contributed by atoms with E-state index in [2.05, 4.69) is 9.47 Å². The summed E-state index contributed by atoms with van der Waals surface area (Å²) in [6.07, 6.45) is 0.720. The molecule has 0 saturated carbocycles. The van der Waals surface area contributed by atoms with E-state index in [1.165, 1.54) is 14.2 Å². The van der Waals surface area contributed by atoms with Gasteiger partial charge in [-0.2, -0.15) is 0 Å². The van der Waals surface area contributed by atoms with Crippen molar-refractivity contribution in [3.63, 3.8) is 0 Å². The van der Waals surface area contributed by atoms with Crippen molar-refractivity contribution < 1.29 is 23.8 Å². The summed E-state index contributed by atoms with van der Waals surface area (Å²) in [4.78, 5) is 22.9. The second kappa shape index (κ2) is 5.30. The molecule has 0 spiro atoms. The zero-order valence-corrected chi connectivity index (χ0v) is 10.1. The van der Waals surface area contributed by atoms with E-state index in [1.54, 1.807) is 6.92 Å². The molecule has 1 saturated heterocycles. The predicted molar refractivity (Wildman–Crippen MR) is 55.6 cm³/mol. The van der Waals surface area contributed by atoms with Gasteiger partial charge in [0, 0.05) is 0 Å². The van der Waals surface area contributed by atoms with Crippen LogP contribution >= 0.6 is 0 Å². The molecule has 1 heterocycles. The zero-order chi connectivity index (χ0) is 12.3. The highest BCUT2D eigenvalue weighted by Crippen LogP contribution is 2.31. The molecule has 5 nitrogen and oxygen atoms in total. The van der Waals surface area contributed by atoms with Gasteiger partial charge < -0.3 is 14.2 Å². The Morgan fingerprint density at radius 1 is 1.25 bits per heavy atom. The summed E-state index contributed by atoms with van der Waals surface area (Å²) in [6, 6.07) is 0. The Morgan fingerprint density at radius 3 is 2.12 bits per heavy atom. The molecule has 1 aliphatic rings. The first kappa shape index (κ1) is 13.0. The fourth-order valence-corrected chi connectivity index (χ4v) is 1.73. The lowest BCUT2D eigenvalue weighted by atomic mass is 9.89. The number of ether oxygens (including phenoxy) is 3. The molecule has 0 aromatic rings. The van der Waals surface area contributed by atoms with Crippen LogP contribution in [0.2, 0.25) is 0 Å². The SMILES string of the molecule is COC(=O)C(C)C(CC1OC1C)C(=O)OC. The van der Waals surface area contributed by atoms with Crippen molar-refractivity contribution in [1.29, 1.82) is 0 Å². The van der Waals surface area contributed by atoms with Gasteiger partial charge in [0.2, 0.25) is 0 Å². The van der Waals surface area contributed by atoms with Crippen molar-refractivity contribution in [2.45, 2.75) is 32.5 Å². The summed E-state index contributed by atoms with van der Waals surface area (Å²) in [7, 11) is 2.62. The van der Waals surface area contributed by atoms with Crippen molar-refractivity contribution in [2.75, 3.05) is 14.2 Å². The molecule has 4 unspecified atom stereocenters. The van der Waals surface area contributed by atoms with Gasteiger partial charge in [-0.05, 0) is 13.3 Å². The molecule has 0 N–H and O–H groups in total. The van der Waals surface area contributed by atoms with Gasteiger partial charge in [-0.3, -0.25) is 9.59 Å². The standard InChI is InChI=1S/C11H18O5/c1-6(10(12)14-3)8(11(13)15-4)5-9-7(2)16-9/h6-9H,5H2,1-4H3. The minimum atomic E-state index is -0.506. The van der Waals surface area contributed by atoms with Crippen molar-refractivity contribution in [3.05, 3.63) is 0 Å². The van der Waals surface area contributed by atoms with Crippen LogP contribution in [0.25, 0.3) is 0 Å². The highest BCUT2D eigenvalue weighted by Gasteiger charge is 2.42. The second-order valence-corrected chi connectivity index (χ2v) is 4.06. The summed E-state index contributed by atoms with van der Waals surface area (Å²) >= 11 is 0. The summed E-state index contributed by atoms with van der Waals surface area (Å²) in [5.41, 5.74) is 0. The van der Waals surface area contributed by atoms with Gasteiger partial charge in [-0.25, -0.2) is 0 Å². The van der Waals surface area contributed by atoms with E-state index < -0.39 is 17.8 Å². The van der Waals surface area contributed by atoms with Crippen LogP contribution in [0.1, 0.15) is 20.3 Å². The maximum absolute atomic E-state index is 11.6. The Kier molecular flexibility index (Phi) is 4.29. The Bertz CT molecular complexity index is 276. The Balaban J connectivity index is 2.62. The van der Waals surface area contributed by atoms with Crippen LogP contribution in [0.3, 0.4) is 0 Å². The molecule has 92 valence electrons. The lowest BCUT2D eigenvalue weighted by molar-refractivity contribution is -0.157. The molecule has 5 heteroatoms. The van der Waals surface area contributed by atoms with Crippen LogP contribution in [0.5, 0.6) is 0 Å². The fourth-order valence-electron chi connectivity index (χ4n) is 1.73. The second-order valence-electron chi connectivity index (χ2n) is 4.06. The van der Waals surface area contributed by atoms with Gasteiger partial charge in [-0.1, -0.05) is 6.92 Å². The Morgan fingerprint density at radius 2 is 1.75 bits per heavy atom. The number of carbonyl (C=O) groups excluding carboxylic acids is 2. The van der Waals surface area contributed by atoms with Gasteiger partial charge in [0.05, 0.1) is 38.3 Å². The van der Waals surface area contributed by atoms with E-state index in [9.17, 15) is 9.59 Å². The summed E-state index contributed by atoms with van der Waals surface area (Å²) in [5, 5.41) is 0. The van der Waals surface area contributed by atoms with Crippen LogP contribution < -0.4 is 0 Å². The minimum Gasteiger partial charge on any atom is -0.469 e. The third-order valence-electron chi connectivity index (χ3n) is 3.00. The summed E-state index contributed by atoms with van der Waals surface area (Å²) in [6.45, 7) is 3.60. The van der Waals surface area contributed by atoms with E-state index in [-0.39, 0.29) is 18.2 Å². The molecule has 0 radical (unpaired) electrons. The Hall–Kier alpha value is -1.10. The van der Waals surface area contributed by atoms with E-state index in [1.807, 2.05) is 6.92 Å². The number of carbonyl (C=O) groups is 2. The normalized spacial score (nSPS) is 26.8. The number of hydrogen-bond donors (Lipinski definition) is 0. The molecule has 1 rings (SSSR count). The lowest BCUT2D eigenvalue weighted by Gasteiger charge is -2.18. The monoisotopic (exact) mass is 230 g/mol. The largest absolute Gasteiger partial charge is 0.469 e. The molecule has 0 bridgehead atoms. The summed E-state index contributed by atoms with van der Waals surface area (Å²) < 4.78 is 14.6. The topological polar surface area (TPSA) is 65.1 Å². The van der Waals surface area contributed by atoms with Gasteiger partial charge in [-0.15, -0.1) is 0 Å².